The highest BCUT2D eigenvalue weighted by Gasteiger charge is 1.99. The molecule has 3 heteroatoms. The van der Waals surface area contributed by atoms with Crippen LogP contribution in [-0.2, 0) is 6.42 Å². The summed E-state index contributed by atoms with van der Waals surface area (Å²) >= 11 is 3.49. The van der Waals surface area contributed by atoms with Crippen LogP contribution in [0, 0.1) is 0 Å². The van der Waals surface area contributed by atoms with Gasteiger partial charge in [0, 0.05) is 17.1 Å². The third-order valence-electron chi connectivity index (χ3n) is 2.50. The van der Waals surface area contributed by atoms with E-state index in [4.69, 9.17) is 0 Å². The summed E-state index contributed by atoms with van der Waals surface area (Å²) in [6.07, 6.45) is 1.08. The van der Waals surface area contributed by atoms with Gasteiger partial charge in [0.1, 0.15) is 0 Å². The normalized spacial score (nSPS) is 12.7. The average Bonchev–Trinajstić information content (AvgIpc) is 2.26. The van der Waals surface area contributed by atoms with Crippen LogP contribution in [-0.4, -0.2) is 25.7 Å². The molecule has 90 valence electrons. The maximum absolute atomic E-state index is 3.51. The van der Waals surface area contributed by atoms with Crippen molar-refractivity contribution in [1.82, 2.24) is 10.6 Å². The lowest BCUT2D eigenvalue weighted by Crippen LogP contribution is -2.37. The van der Waals surface area contributed by atoms with Gasteiger partial charge in [-0.1, -0.05) is 35.0 Å². The average molecular weight is 285 g/mol. The van der Waals surface area contributed by atoms with Gasteiger partial charge in [0.05, 0.1) is 0 Å². The van der Waals surface area contributed by atoms with Crippen molar-refractivity contribution in [2.45, 2.75) is 26.3 Å². The van der Waals surface area contributed by atoms with Crippen LogP contribution < -0.4 is 10.6 Å². The molecule has 0 saturated carbocycles. The van der Waals surface area contributed by atoms with Crippen LogP contribution in [0.1, 0.15) is 19.4 Å². The van der Waals surface area contributed by atoms with Gasteiger partial charge in [0.2, 0.25) is 0 Å². The first-order valence-corrected chi connectivity index (χ1v) is 6.70. The molecule has 1 rings (SSSR count). The Hall–Kier alpha value is -0.380. The highest BCUT2D eigenvalue weighted by molar-refractivity contribution is 9.10. The number of hydrogen-bond acceptors (Lipinski definition) is 2. The van der Waals surface area contributed by atoms with E-state index in [0.29, 0.717) is 6.04 Å². The van der Waals surface area contributed by atoms with Crippen molar-refractivity contribution in [3.05, 3.63) is 34.3 Å². The van der Waals surface area contributed by atoms with Gasteiger partial charge in [-0.2, -0.15) is 0 Å². The predicted molar refractivity (Wildman–Crippen MR) is 73.9 cm³/mol. The zero-order valence-electron chi connectivity index (χ0n) is 10.1. The molecule has 0 aliphatic rings. The Labute approximate surface area is 107 Å². The quantitative estimate of drug-likeness (QED) is 0.804. The summed E-state index contributed by atoms with van der Waals surface area (Å²) in [5.74, 6) is 0. The molecule has 1 atom stereocenters. The fourth-order valence-electron chi connectivity index (χ4n) is 1.59. The Balaban J connectivity index is 2.20. The second-order valence-electron chi connectivity index (χ2n) is 4.04. The molecule has 16 heavy (non-hydrogen) atoms. The Morgan fingerprint density at radius 2 is 2.19 bits per heavy atom. The first-order chi connectivity index (χ1) is 7.72. The fraction of sp³-hybridized carbons (Fsp3) is 0.538. The minimum atomic E-state index is 0.534. The van der Waals surface area contributed by atoms with E-state index in [-0.39, 0.29) is 0 Å². The minimum Gasteiger partial charge on any atom is -0.315 e. The van der Waals surface area contributed by atoms with Crippen molar-refractivity contribution in [2.75, 3.05) is 19.6 Å². The van der Waals surface area contributed by atoms with E-state index in [1.165, 1.54) is 5.56 Å². The molecule has 0 heterocycles. The lowest BCUT2D eigenvalue weighted by Gasteiger charge is -2.13. The Kier molecular flexibility index (Phi) is 6.69. The van der Waals surface area contributed by atoms with Gasteiger partial charge in [-0.25, -0.2) is 0 Å². The molecule has 0 spiro atoms. The standard InChI is InChI=1S/C13H21BrN2/c1-3-15-10-11(2)16-8-7-12-5-4-6-13(14)9-12/h4-6,9,11,15-16H,3,7-8,10H2,1-2H3. The van der Waals surface area contributed by atoms with E-state index in [1.807, 2.05) is 0 Å². The Morgan fingerprint density at radius 3 is 2.88 bits per heavy atom. The molecule has 0 radical (unpaired) electrons. The summed E-state index contributed by atoms with van der Waals surface area (Å²) in [5, 5.41) is 6.84. The molecule has 2 N–H and O–H groups in total. The Morgan fingerprint density at radius 1 is 1.38 bits per heavy atom. The van der Waals surface area contributed by atoms with Crippen molar-refractivity contribution in [3.8, 4) is 0 Å². The second-order valence-corrected chi connectivity index (χ2v) is 4.96. The topological polar surface area (TPSA) is 24.1 Å². The summed E-state index contributed by atoms with van der Waals surface area (Å²) in [6.45, 7) is 7.45. The second kappa shape index (κ2) is 7.82. The van der Waals surface area contributed by atoms with E-state index in [2.05, 4.69) is 64.7 Å². The summed E-state index contributed by atoms with van der Waals surface area (Å²) in [4.78, 5) is 0. The SMILES string of the molecule is CCNCC(C)NCCc1cccc(Br)c1. The molecule has 0 aromatic heterocycles. The molecule has 1 unspecified atom stereocenters. The van der Waals surface area contributed by atoms with Gasteiger partial charge < -0.3 is 10.6 Å². The zero-order chi connectivity index (χ0) is 11.8. The number of halogens is 1. The van der Waals surface area contributed by atoms with Crippen molar-refractivity contribution in [1.29, 1.82) is 0 Å². The third-order valence-corrected chi connectivity index (χ3v) is 2.99. The molecule has 0 aliphatic carbocycles. The van der Waals surface area contributed by atoms with Crippen LogP contribution in [0.5, 0.6) is 0 Å². The van der Waals surface area contributed by atoms with Crippen molar-refractivity contribution in [2.24, 2.45) is 0 Å². The van der Waals surface area contributed by atoms with Crippen LogP contribution in [0.4, 0.5) is 0 Å². The van der Waals surface area contributed by atoms with Gasteiger partial charge >= 0.3 is 0 Å². The number of hydrogen-bond donors (Lipinski definition) is 2. The number of likely N-dealkylation sites (N-methyl/N-ethyl adjacent to an activating group) is 1. The van der Waals surface area contributed by atoms with Gasteiger partial charge in [-0.3, -0.25) is 0 Å². The largest absolute Gasteiger partial charge is 0.315 e. The fourth-order valence-corrected chi connectivity index (χ4v) is 2.04. The van der Waals surface area contributed by atoms with E-state index in [0.717, 1.165) is 30.5 Å². The predicted octanol–water partition coefficient (Wildman–Crippen LogP) is 2.58. The Bertz CT molecular complexity index is 302. The molecule has 2 nitrogen and oxygen atoms in total. The molecular weight excluding hydrogens is 264 g/mol. The summed E-state index contributed by atoms with van der Waals surface area (Å²) in [5.41, 5.74) is 1.37. The monoisotopic (exact) mass is 284 g/mol. The van der Waals surface area contributed by atoms with Crippen LogP contribution in [0.2, 0.25) is 0 Å². The summed E-state index contributed by atoms with van der Waals surface area (Å²) in [6, 6.07) is 9.02. The maximum atomic E-state index is 3.51. The van der Waals surface area contributed by atoms with Crippen LogP contribution >= 0.6 is 15.9 Å². The van der Waals surface area contributed by atoms with Gasteiger partial charge in [-0.05, 0) is 44.1 Å². The van der Waals surface area contributed by atoms with Crippen LogP contribution in [0.25, 0.3) is 0 Å². The number of nitrogens with one attached hydrogen (secondary N) is 2. The third kappa shape index (κ3) is 5.64. The smallest absolute Gasteiger partial charge is 0.0178 e. The molecule has 0 fully saturated rings. The molecule has 0 bridgehead atoms. The number of rotatable bonds is 7. The molecule has 0 saturated heterocycles. The zero-order valence-corrected chi connectivity index (χ0v) is 11.7. The molecule has 1 aromatic rings. The first-order valence-electron chi connectivity index (χ1n) is 5.91. The van der Waals surface area contributed by atoms with Crippen LogP contribution in [0.15, 0.2) is 28.7 Å². The van der Waals surface area contributed by atoms with Gasteiger partial charge in [-0.15, -0.1) is 0 Å². The lowest BCUT2D eigenvalue weighted by atomic mass is 10.1. The highest BCUT2D eigenvalue weighted by atomic mass is 79.9. The summed E-state index contributed by atoms with van der Waals surface area (Å²) < 4.78 is 1.16. The van der Waals surface area contributed by atoms with E-state index < -0.39 is 0 Å². The van der Waals surface area contributed by atoms with Crippen molar-refractivity contribution in [3.63, 3.8) is 0 Å². The van der Waals surface area contributed by atoms with Crippen molar-refractivity contribution < 1.29 is 0 Å². The van der Waals surface area contributed by atoms with Crippen molar-refractivity contribution >= 4 is 15.9 Å². The number of benzene rings is 1. The van der Waals surface area contributed by atoms with Gasteiger partial charge in [0.25, 0.3) is 0 Å². The minimum absolute atomic E-state index is 0.534. The van der Waals surface area contributed by atoms with Gasteiger partial charge in [0.15, 0.2) is 0 Å². The maximum Gasteiger partial charge on any atom is 0.0178 e. The van der Waals surface area contributed by atoms with E-state index in [9.17, 15) is 0 Å². The summed E-state index contributed by atoms with van der Waals surface area (Å²) in [7, 11) is 0. The van der Waals surface area contributed by atoms with Crippen LogP contribution in [0.3, 0.4) is 0 Å². The molecule has 0 amide bonds. The molecule has 1 aromatic carbocycles. The molecular formula is C13H21BrN2. The lowest BCUT2D eigenvalue weighted by molar-refractivity contribution is 0.512. The molecule has 0 aliphatic heterocycles. The first kappa shape index (κ1) is 13.7. The van der Waals surface area contributed by atoms with E-state index in [1.54, 1.807) is 0 Å². The van der Waals surface area contributed by atoms with E-state index >= 15 is 0 Å². The highest BCUT2D eigenvalue weighted by Crippen LogP contribution is 2.11.